The van der Waals surface area contributed by atoms with Gasteiger partial charge in [-0.05, 0) is 31.6 Å². The lowest BCUT2D eigenvalue weighted by Gasteiger charge is -2.38. The summed E-state index contributed by atoms with van der Waals surface area (Å²) in [5.41, 5.74) is 0.0245. The molecule has 1 amide bonds. The van der Waals surface area contributed by atoms with Gasteiger partial charge in [-0.1, -0.05) is 25.0 Å². The molecule has 1 aliphatic heterocycles. The smallest absolute Gasteiger partial charge is 0.221 e. The number of amides is 1. The zero-order valence-electron chi connectivity index (χ0n) is 13.0. The maximum Gasteiger partial charge on any atom is 0.221 e. The highest BCUT2D eigenvalue weighted by atomic mass is 16.5. The fourth-order valence-corrected chi connectivity index (χ4v) is 4.01. The van der Waals surface area contributed by atoms with Crippen molar-refractivity contribution in [3.8, 4) is 0 Å². The Hall–Kier alpha value is -0.870. The van der Waals surface area contributed by atoms with Gasteiger partial charge in [-0.25, -0.2) is 0 Å². The Morgan fingerprint density at radius 1 is 1.29 bits per heavy atom. The molecule has 21 heavy (non-hydrogen) atoms. The molecule has 0 bridgehead atoms. The molecule has 4 nitrogen and oxygen atoms in total. The van der Waals surface area contributed by atoms with Crippen LogP contribution in [0, 0.1) is 5.92 Å². The zero-order chi connectivity index (χ0) is 14.5. The van der Waals surface area contributed by atoms with Gasteiger partial charge in [0.1, 0.15) is 0 Å². The molecule has 118 valence electrons. The lowest BCUT2D eigenvalue weighted by molar-refractivity contribution is -0.124. The summed E-state index contributed by atoms with van der Waals surface area (Å²) in [6.45, 7) is 4.67. The molecule has 0 unspecified atom stereocenters. The normalized spacial score (nSPS) is 28.9. The van der Waals surface area contributed by atoms with Crippen molar-refractivity contribution in [2.45, 2.75) is 50.5 Å². The van der Waals surface area contributed by atoms with Crippen LogP contribution in [0.4, 0.5) is 0 Å². The quantitative estimate of drug-likeness (QED) is 0.789. The van der Waals surface area contributed by atoms with E-state index >= 15 is 0 Å². The Labute approximate surface area is 127 Å². The standard InChI is InChI=1S/C17H28N2O2/c20-16(13-15-5-1-2-6-15)18-17(7-3-4-8-17)14-19-9-11-21-12-10-19/h1,5,15H,2-4,6-14H2,(H,18,20)/t15-/m1/s1. The SMILES string of the molecule is O=C(C[C@@H]1C=CCC1)NC1(CN2CCOCC2)CCCC1. The predicted octanol–water partition coefficient (Wildman–Crippen LogP) is 2.10. The molecule has 0 radical (unpaired) electrons. The third-order valence-corrected chi connectivity index (χ3v) is 5.16. The molecule has 1 saturated heterocycles. The number of carbonyl (C=O) groups excluding carboxylic acids is 1. The minimum Gasteiger partial charge on any atom is -0.379 e. The van der Waals surface area contributed by atoms with Crippen LogP contribution in [0.1, 0.15) is 44.9 Å². The molecule has 0 aromatic carbocycles. The van der Waals surface area contributed by atoms with Crippen LogP contribution in [-0.2, 0) is 9.53 Å². The van der Waals surface area contributed by atoms with Gasteiger partial charge in [0.25, 0.3) is 0 Å². The van der Waals surface area contributed by atoms with Gasteiger partial charge in [0.2, 0.25) is 5.91 Å². The third kappa shape index (κ3) is 4.07. The van der Waals surface area contributed by atoms with E-state index in [1.165, 1.54) is 12.8 Å². The van der Waals surface area contributed by atoms with Gasteiger partial charge in [-0.2, -0.15) is 0 Å². The van der Waals surface area contributed by atoms with Crippen LogP contribution < -0.4 is 5.32 Å². The second kappa shape index (κ2) is 6.93. The highest BCUT2D eigenvalue weighted by molar-refractivity contribution is 5.77. The average Bonchev–Trinajstić information content (AvgIpc) is 3.12. The van der Waals surface area contributed by atoms with Crippen LogP contribution in [0.15, 0.2) is 12.2 Å². The summed E-state index contributed by atoms with van der Waals surface area (Å²) >= 11 is 0. The second-order valence-electron chi connectivity index (χ2n) is 6.89. The van der Waals surface area contributed by atoms with E-state index in [1.807, 2.05) is 0 Å². The maximum atomic E-state index is 12.4. The Bertz CT molecular complexity index is 382. The number of morpholine rings is 1. The molecular weight excluding hydrogens is 264 g/mol. The van der Waals surface area contributed by atoms with Crippen molar-refractivity contribution >= 4 is 5.91 Å². The molecule has 1 heterocycles. The van der Waals surface area contributed by atoms with Crippen LogP contribution in [-0.4, -0.2) is 49.2 Å². The van der Waals surface area contributed by atoms with Gasteiger partial charge >= 0.3 is 0 Å². The molecule has 0 aromatic heterocycles. The highest BCUT2D eigenvalue weighted by Crippen LogP contribution is 2.31. The number of nitrogens with zero attached hydrogens (tertiary/aromatic N) is 1. The van der Waals surface area contributed by atoms with Crippen LogP contribution in [0.3, 0.4) is 0 Å². The molecule has 1 saturated carbocycles. The molecule has 4 heteroatoms. The number of rotatable bonds is 5. The first-order valence-electron chi connectivity index (χ1n) is 8.54. The van der Waals surface area contributed by atoms with E-state index < -0.39 is 0 Å². The van der Waals surface area contributed by atoms with Crippen LogP contribution >= 0.6 is 0 Å². The van der Waals surface area contributed by atoms with E-state index in [0.29, 0.717) is 12.3 Å². The second-order valence-corrected chi connectivity index (χ2v) is 6.89. The summed E-state index contributed by atoms with van der Waals surface area (Å²) in [6, 6.07) is 0. The van der Waals surface area contributed by atoms with E-state index in [1.54, 1.807) is 0 Å². The predicted molar refractivity (Wildman–Crippen MR) is 83.1 cm³/mol. The van der Waals surface area contributed by atoms with Gasteiger partial charge in [-0.15, -0.1) is 0 Å². The largest absolute Gasteiger partial charge is 0.379 e. The van der Waals surface area contributed by atoms with E-state index in [0.717, 1.165) is 58.5 Å². The number of hydrogen-bond acceptors (Lipinski definition) is 3. The lowest BCUT2D eigenvalue weighted by Crippen LogP contribution is -2.55. The lowest BCUT2D eigenvalue weighted by atomic mass is 9.95. The first-order valence-corrected chi connectivity index (χ1v) is 8.54. The molecule has 3 rings (SSSR count). The molecule has 1 N–H and O–H groups in total. The molecule has 0 aromatic rings. The van der Waals surface area contributed by atoms with Crippen LogP contribution in [0.25, 0.3) is 0 Å². The van der Waals surface area contributed by atoms with E-state index in [4.69, 9.17) is 4.74 Å². The van der Waals surface area contributed by atoms with Crippen molar-refractivity contribution in [3.05, 3.63) is 12.2 Å². The summed E-state index contributed by atoms with van der Waals surface area (Å²) < 4.78 is 5.43. The Balaban J connectivity index is 1.54. The summed E-state index contributed by atoms with van der Waals surface area (Å²) in [5, 5.41) is 3.41. The van der Waals surface area contributed by atoms with Crippen molar-refractivity contribution in [2.75, 3.05) is 32.8 Å². The van der Waals surface area contributed by atoms with E-state index in [9.17, 15) is 4.79 Å². The first-order chi connectivity index (χ1) is 10.3. The number of hydrogen-bond donors (Lipinski definition) is 1. The van der Waals surface area contributed by atoms with Gasteiger partial charge in [0, 0.05) is 26.1 Å². The zero-order valence-corrected chi connectivity index (χ0v) is 13.0. The topological polar surface area (TPSA) is 41.6 Å². The molecule has 2 fully saturated rings. The number of ether oxygens (including phenoxy) is 1. The molecule has 1 atom stereocenters. The molecule has 3 aliphatic rings. The summed E-state index contributed by atoms with van der Waals surface area (Å²) in [6.07, 6.45) is 12.1. The van der Waals surface area contributed by atoms with Gasteiger partial charge in [0.05, 0.1) is 18.8 Å². The van der Waals surface area contributed by atoms with Crippen LogP contribution in [0.2, 0.25) is 0 Å². The molecular formula is C17H28N2O2. The van der Waals surface area contributed by atoms with Crippen molar-refractivity contribution < 1.29 is 9.53 Å². The maximum absolute atomic E-state index is 12.4. The summed E-state index contributed by atoms with van der Waals surface area (Å²) in [4.78, 5) is 14.9. The Morgan fingerprint density at radius 2 is 2.05 bits per heavy atom. The van der Waals surface area contributed by atoms with E-state index in [-0.39, 0.29) is 11.4 Å². The van der Waals surface area contributed by atoms with Gasteiger partial charge in [0.15, 0.2) is 0 Å². The monoisotopic (exact) mass is 292 g/mol. The number of nitrogens with one attached hydrogen (secondary N) is 1. The third-order valence-electron chi connectivity index (χ3n) is 5.16. The van der Waals surface area contributed by atoms with Crippen molar-refractivity contribution in [3.63, 3.8) is 0 Å². The van der Waals surface area contributed by atoms with Gasteiger partial charge < -0.3 is 10.1 Å². The Morgan fingerprint density at radius 3 is 2.71 bits per heavy atom. The molecule has 2 aliphatic carbocycles. The van der Waals surface area contributed by atoms with Gasteiger partial charge in [-0.3, -0.25) is 9.69 Å². The van der Waals surface area contributed by atoms with Crippen LogP contribution in [0.5, 0.6) is 0 Å². The van der Waals surface area contributed by atoms with Crippen molar-refractivity contribution in [2.24, 2.45) is 5.92 Å². The van der Waals surface area contributed by atoms with Crippen molar-refractivity contribution in [1.29, 1.82) is 0 Å². The minimum absolute atomic E-state index is 0.0245. The van der Waals surface area contributed by atoms with Crippen molar-refractivity contribution in [1.82, 2.24) is 10.2 Å². The summed E-state index contributed by atoms with van der Waals surface area (Å²) in [7, 11) is 0. The number of carbonyl (C=O) groups is 1. The minimum atomic E-state index is 0.0245. The summed E-state index contributed by atoms with van der Waals surface area (Å²) in [5.74, 6) is 0.716. The fraction of sp³-hybridized carbons (Fsp3) is 0.824. The highest BCUT2D eigenvalue weighted by Gasteiger charge is 2.37. The first kappa shape index (κ1) is 15.0. The average molecular weight is 292 g/mol. The fourth-order valence-electron chi connectivity index (χ4n) is 4.01. The molecule has 0 spiro atoms. The Kier molecular flexibility index (Phi) is 4.96. The number of allylic oxidation sites excluding steroid dienone is 2. The van der Waals surface area contributed by atoms with E-state index in [2.05, 4.69) is 22.4 Å².